The van der Waals surface area contributed by atoms with E-state index in [4.69, 9.17) is 4.42 Å². The van der Waals surface area contributed by atoms with Crippen LogP contribution >= 0.6 is 0 Å². The Balaban J connectivity index is 2.70. The second kappa shape index (κ2) is 8.56. The first-order valence-electron chi connectivity index (χ1n) is 7.76. The topological polar surface area (TPSA) is 71.3 Å². The number of hydrogen-bond acceptors (Lipinski definition) is 4. The molecule has 6 heteroatoms. The first kappa shape index (κ1) is 18.2. The Bertz CT molecular complexity index is 507. The lowest BCUT2D eigenvalue weighted by atomic mass is 9.96. The number of sulfonamides is 1. The summed E-state index contributed by atoms with van der Waals surface area (Å²) < 4.78 is 32.7. The molecule has 1 atom stereocenters. The molecule has 0 spiro atoms. The summed E-state index contributed by atoms with van der Waals surface area (Å²) in [5.41, 5.74) is 0. The fourth-order valence-corrected chi connectivity index (χ4v) is 3.64. The van der Waals surface area contributed by atoms with Crippen molar-refractivity contribution in [1.29, 1.82) is 0 Å². The summed E-state index contributed by atoms with van der Waals surface area (Å²) in [5.74, 6) is 0.972. The van der Waals surface area contributed by atoms with E-state index in [9.17, 15) is 8.42 Å². The van der Waals surface area contributed by atoms with Crippen LogP contribution in [0.5, 0.6) is 0 Å². The van der Waals surface area contributed by atoms with Crippen molar-refractivity contribution in [1.82, 2.24) is 10.0 Å². The van der Waals surface area contributed by atoms with Gasteiger partial charge in [0.05, 0.1) is 6.54 Å². The minimum absolute atomic E-state index is 0.00592. The van der Waals surface area contributed by atoms with E-state index in [0.29, 0.717) is 18.2 Å². The minimum Gasteiger partial charge on any atom is -0.447 e. The van der Waals surface area contributed by atoms with Gasteiger partial charge >= 0.3 is 0 Å². The molecule has 0 aliphatic rings. The smallest absolute Gasteiger partial charge is 0.274 e. The van der Waals surface area contributed by atoms with Gasteiger partial charge < -0.3 is 9.73 Å². The van der Waals surface area contributed by atoms with Crippen LogP contribution in [0.1, 0.15) is 52.7 Å². The molecular weight excluding hydrogens is 288 g/mol. The van der Waals surface area contributed by atoms with E-state index in [2.05, 4.69) is 30.8 Å². The van der Waals surface area contributed by atoms with Crippen LogP contribution in [-0.2, 0) is 16.6 Å². The van der Waals surface area contributed by atoms with Gasteiger partial charge in [-0.15, -0.1) is 0 Å². The Morgan fingerprint density at radius 1 is 1.19 bits per heavy atom. The zero-order valence-corrected chi connectivity index (χ0v) is 14.3. The van der Waals surface area contributed by atoms with Crippen LogP contribution in [0.25, 0.3) is 0 Å². The SMILES string of the molecule is CCCNCc1ccc(S(=O)(=O)NC(C)C(CC)CC)o1. The van der Waals surface area contributed by atoms with Gasteiger partial charge in [-0.1, -0.05) is 33.6 Å². The Kier molecular flexibility index (Phi) is 7.42. The maximum absolute atomic E-state index is 12.3. The number of rotatable bonds is 10. The molecule has 1 rings (SSSR count). The van der Waals surface area contributed by atoms with Gasteiger partial charge in [0.25, 0.3) is 10.0 Å². The van der Waals surface area contributed by atoms with Crippen molar-refractivity contribution < 1.29 is 12.8 Å². The molecule has 21 heavy (non-hydrogen) atoms. The molecule has 0 aromatic carbocycles. The third-order valence-electron chi connectivity index (χ3n) is 3.72. The van der Waals surface area contributed by atoms with Crippen molar-refractivity contribution in [2.45, 2.75) is 64.6 Å². The van der Waals surface area contributed by atoms with Crippen molar-refractivity contribution in [3.05, 3.63) is 17.9 Å². The van der Waals surface area contributed by atoms with Gasteiger partial charge in [0.15, 0.2) is 0 Å². The standard InChI is InChI=1S/C15H28N2O3S/c1-5-10-16-11-14-8-9-15(20-14)21(18,19)17-12(4)13(6-2)7-3/h8-9,12-13,16-17H,5-7,10-11H2,1-4H3. The zero-order valence-electron chi connectivity index (χ0n) is 13.5. The summed E-state index contributed by atoms with van der Waals surface area (Å²) in [6, 6.07) is 3.13. The van der Waals surface area contributed by atoms with E-state index >= 15 is 0 Å². The lowest BCUT2D eigenvalue weighted by Crippen LogP contribution is -2.37. The quantitative estimate of drug-likeness (QED) is 0.651. The van der Waals surface area contributed by atoms with Crippen molar-refractivity contribution in [2.75, 3.05) is 6.54 Å². The molecule has 1 heterocycles. The van der Waals surface area contributed by atoms with Crippen LogP contribution in [0.3, 0.4) is 0 Å². The minimum atomic E-state index is -3.58. The van der Waals surface area contributed by atoms with Crippen LogP contribution in [0.2, 0.25) is 0 Å². The van der Waals surface area contributed by atoms with Crippen LogP contribution < -0.4 is 10.0 Å². The zero-order chi connectivity index (χ0) is 15.9. The average Bonchev–Trinajstić information content (AvgIpc) is 2.89. The van der Waals surface area contributed by atoms with Crippen LogP contribution in [0, 0.1) is 5.92 Å². The first-order valence-corrected chi connectivity index (χ1v) is 9.24. The molecular formula is C15H28N2O3S. The maximum Gasteiger partial charge on any atom is 0.274 e. The fourth-order valence-electron chi connectivity index (χ4n) is 2.38. The van der Waals surface area contributed by atoms with E-state index in [1.54, 1.807) is 6.07 Å². The summed E-state index contributed by atoms with van der Waals surface area (Å²) in [6.45, 7) is 9.56. The molecule has 2 N–H and O–H groups in total. The van der Waals surface area contributed by atoms with Crippen molar-refractivity contribution in [3.8, 4) is 0 Å². The molecule has 0 saturated carbocycles. The third kappa shape index (κ3) is 5.45. The van der Waals surface area contributed by atoms with Gasteiger partial charge in [-0.3, -0.25) is 0 Å². The van der Waals surface area contributed by atoms with Crippen LogP contribution in [0.15, 0.2) is 21.6 Å². The molecule has 1 aromatic heterocycles. The van der Waals surface area contributed by atoms with Gasteiger partial charge in [0, 0.05) is 6.04 Å². The van der Waals surface area contributed by atoms with Crippen molar-refractivity contribution in [2.24, 2.45) is 5.92 Å². The van der Waals surface area contributed by atoms with Crippen LogP contribution in [0.4, 0.5) is 0 Å². The first-order chi connectivity index (χ1) is 9.94. The van der Waals surface area contributed by atoms with Gasteiger partial charge in [-0.2, -0.15) is 0 Å². The summed E-state index contributed by atoms with van der Waals surface area (Å²) in [7, 11) is -3.58. The number of nitrogens with one attached hydrogen (secondary N) is 2. The number of furan rings is 1. The summed E-state index contributed by atoms with van der Waals surface area (Å²) >= 11 is 0. The van der Waals surface area contributed by atoms with E-state index in [1.807, 2.05) is 6.92 Å². The largest absolute Gasteiger partial charge is 0.447 e. The molecule has 5 nitrogen and oxygen atoms in total. The molecule has 0 saturated heterocycles. The second-order valence-corrected chi connectivity index (χ2v) is 7.03. The van der Waals surface area contributed by atoms with E-state index < -0.39 is 10.0 Å². The highest BCUT2D eigenvalue weighted by molar-refractivity contribution is 7.89. The highest BCUT2D eigenvalue weighted by Gasteiger charge is 2.24. The Labute approximate surface area is 128 Å². The molecule has 0 radical (unpaired) electrons. The van der Waals surface area contributed by atoms with Crippen molar-refractivity contribution >= 4 is 10.0 Å². The van der Waals surface area contributed by atoms with Gasteiger partial charge in [0.2, 0.25) is 5.09 Å². The lowest BCUT2D eigenvalue weighted by molar-refractivity contribution is 0.373. The summed E-state index contributed by atoms with van der Waals surface area (Å²) in [4.78, 5) is 0. The Hall–Kier alpha value is -0.850. The Morgan fingerprint density at radius 2 is 1.86 bits per heavy atom. The second-order valence-electron chi connectivity index (χ2n) is 5.38. The van der Waals surface area contributed by atoms with E-state index in [1.165, 1.54) is 6.07 Å². The molecule has 0 bridgehead atoms. The molecule has 1 unspecified atom stereocenters. The van der Waals surface area contributed by atoms with Gasteiger partial charge in [-0.25, -0.2) is 13.1 Å². The average molecular weight is 316 g/mol. The summed E-state index contributed by atoms with van der Waals surface area (Å²) in [5, 5.41) is 3.18. The predicted molar refractivity (Wildman–Crippen MR) is 84.6 cm³/mol. The molecule has 122 valence electrons. The summed E-state index contributed by atoms with van der Waals surface area (Å²) in [6.07, 6.45) is 2.93. The van der Waals surface area contributed by atoms with E-state index in [-0.39, 0.29) is 11.1 Å². The fraction of sp³-hybridized carbons (Fsp3) is 0.733. The normalized spacial score (nSPS) is 13.8. The predicted octanol–water partition coefficient (Wildman–Crippen LogP) is 2.88. The highest BCUT2D eigenvalue weighted by atomic mass is 32.2. The Morgan fingerprint density at radius 3 is 2.43 bits per heavy atom. The molecule has 0 amide bonds. The third-order valence-corrected chi connectivity index (χ3v) is 5.16. The maximum atomic E-state index is 12.3. The van der Waals surface area contributed by atoms with Crippen LogP contribution in [-0.4, -0.2) is 21.0 Å². The molecule has 0 fully saturated rings. The highest BCUT2D eigenvalue weighted by Crippen LogP contribution is 2.18. The van der Waals surface area contributed by atoms with Gasteiger partial charge in [-0.05, 0) is 37.9 Å². The molecule has 0 aliphatic carbocycles. The van der Waals surface area contributed by atoms with Crippen molar-refractivity contribution in [3.63, 3.8) is 0 Å². The monoisotopic (exact) mass is 316 g/mol. The number of hydrogen-bond donors (Lipinski definition) is 2. The molecule has 0 aliphatic heterocycles. The van der Waals surface area contributed by atoms with E-state index in [0.717, 1.165) is 25.8 Å². The van der Waals surface area contributed by atoms with Gasteiger partial charge in [0.1, 0.15) is 5.76 Å². The lowest BCUT2D eigenvalue weighted by Gasteiger charge is -2.21. The molecule has 1 aromatic rings.